The summed E-state index contributed by atoms with van der Waals surface area (Å²) >= 11 is 0. The molecule has 3 rings (SSSR count). The van der Waals surface area contributed by atoms with E-state index >= 15 is 0 Å². The number of carbonyl (C=O) groups excluding carboxylic acids is 2. The minimum absolute atomic E-state index is 0.00394. The minimum Gasteiger partial charge on any atom is -0.473 e. The maximum Gasteiger partial charge on any atom is 0.414 e. The van der Waals surface area contributed by atoms with Gasteiger partial charge in [0.05, 0.1) is 19.4 Å². The number of piperazine rings is 1. The number of carboxylic acids is 2. The third kappa shape index (κ3) is 8.03. The first-order chi connectivity index (χ1) is 14.8. The molecular weight excluding hydrogens is 406 g/mol. The number of benzene rings is 1. The Hall–Kier alpha value is -3.50. The van der Waals surface area contributed by atoms with E-state index < -0.39 is 11.9 Å². The largest absolute Gasteiger partial charge is 0.473 e. The predicted molar refractivity (Wildman–Crippen MR) is 111 cm³/mol. The second-order valence-corrected chi connectivity index (χ2v) is 6.93. The van der Waals surface area contributed by atoms with Crippen molar-refractivity contribution in [3.8, 4) is 0 Å². The lowest BCUT2D eigenvalue weighted by molar-refractivity contribution is -0.159. The van der Waals surface area contributed by atoms with Gasteiger partial charge in [-0.15, -0.1) is 0 Å². The van der Waals surface area contributed by atoms with Gasteiger partial charge in [-0.25, -0.2) is 9.59 Å². The lowest BCUT2D eigenvalue weighted by Gasteiger charge is -2.33. The summed E-state index contributed by atoms with van der Waals surface area (Å²) in [5.74, 6) is -3.25. The summed E-state index contributed by atoms with van der Waals surface area (Å²) in [6.45, 7) is 5.78. The van der Waals surface area contributed by atoms with E-state index in [1.165, 1.54) is 6.26 Å². The van der Waals surface area contributed by atoms with Crippen molar-refractivity contribution in [1.29, 1.82) is 0 Å². The van der Waals surface area contributed by atoms with E-state index in [0.717, 1.165) is 37.4 Å². The number of Topliss-reactive ketones (excluding diaryl/α,β-unsaturated/α-hetero) is 1. The molecule has 0 unspecified atom stereocenters. The Kier molecular flexibility index (Phi) is 8.92. The van der Waals surface area contributed by atoms with Gasteiger partial charge in [-0.2, -0.15) is 0 Å². The molecule has 2 aromatic rings. The normalized spacial score (nSPS) is 14.2. The van der Waals surface area contributed by atoms with Crippen molar-refractivity contribution in [2.24, 2.45) is 0 Å². The minimum atomic E-state index is -1.82. The summed E-state index contributed by atoms with van der Waals surface area (Å²) in [6, 6.07) is 11.2. The number of ketones is 1. The van der Waals surface area contributed by atoms with Crippen LogP contribution in [0, 0.1) is 6.92 Å². The van der Waals surface area contributed by atoms with Gasteiger partial charge < -0.3 is 19.9 Å². The smallest absolute Gasteiger partial charge is 0.414 e. The van der Waals surface area contributed by atoms with Gasteiger partial charge in [0.25, 0.3) is 0 Å². The van der Waals surface area contributed by atoms with Crippen LogP contribution in [0.25, 0.3) is 0 Å². The molecule has 10 heteroatoms. The fourth-order valence-electron chi connectivity index (χ4n) is 2.93. The van der Waals surface area contributed by atoms with E-state index in [4.69, 9.17) is 24.2 Å². The molecule has 1 aromatic heterocycles. The van der Waals surface area contributed by atoms with Crippen molar-refractivity contribution in [1.82, 2.24) is 9.80 Å². The zero-order valence-corrected chi connectivity index (χ0v) is 17.1. The molecule has 0 bridgehead atoms. The fraction of sp³-hybridized carbons (Fsp3) is 0.333. The molecule has 1 aliphatic heterocycles. The maximum atomic E-state index is 12.2. The summed E-state index contributed by atoms with van der Waals surface area (Å²) in [4.78, 5) is 46.7. The number of amides is 1. The number of nitrogens with zero attached hydrogens (tertiary/aromatic N) is 2. The number of aliphatic carboxylic acids is 2. The molecule has 10 nitrogen and oxygen atoms in total. The fourth-order valence-corrected chi connectivity index (χ4v) is 2.93. The first kappa shape index (κ1) is 23.8. The molecule has 1 fully saturated rings. The predicted octanol–water partition coefficient (Wildman–Crippen LogP) is 1.18. The van der Waals surface area contributed by atoms with Gasteiger partial charge in [-0.05, 0) is 30.7 Å². The SMILES string of the molecule is Cc1ccccc1NC(=O)CN1CCN(CC(=O)c2ccco2)CC1.O=C(O)C(=O)O. The van der Waals surface area contributed by atoms with Crippen LogP contribution < -0.4 is 5.32 Å². The molecule has 3 N–H and O–H groups in total. The Morgan fingerprint density at radius 3 is 2.00 bits per heavy atom. The van der Waals surface area contributed by atoms with E-state index in [1.54, 1.807) is 12.1 Å². The first-order valence-electron chi connectivity index (χ1n) is 9.59. The second-order valence-electron chi connectivity index (χ2n) is 6.93. The number of rotatable bonds is 6. The van der Waals surface area contributed by atoms with Gasteiger partial charge in [0.1, 0.15) is 0 Å². The average molecular weight is 431 g/mol. The van der Waals surface area contributed by atoms with E-state index in [0.29, 0.717) is 18.8 Å². The molecule has 166 valence electrons. The number of hydrogen-bond acceptors (Lipinski definition) is 7. The van der Waals surface area contributed by atoms with Crippen LogP contribution in [0.5, 0.6) is 0 Å². The van der Waals surface area contributed by atoms with Crippen LogP contribution in [-0.2, 0) is 14.4 Å². The van der Waals surface area contributed by atoms with Crippen molar-refractivity contribution < 1.29 is 33.8 Å². The standard InChI is InChI=1S/C19H23N3O3.C2H2O4/c1-15-5-2-3-6-16(15)20-19(24)14-22-10-8-21(9-11-22)13-17(23)18-7-4-12-25-18;3-1(4)2(5)6/h2-7,12H,8-11,13-14H2,1H3,(H,20,24);(H,3,4)(H,5,6). The number of carbonyl (C=O) groups is 4. The zero-order valence-electron chi connectivity index (χ0n) is 17.1. The molecule has 1 amide bonds. The number of anilines is 1. The van der Waals surface area contributed by atoms with Crippen LogP contribution >= 0.6 is 0 Å². The summed E-state index contributed by atoms with van der Waals surface area (Å²) < 4.78 is 5.14. The maximum absolute atomic E-state index is 12.2. The number of furan rings is 1. The Balaban J connectivity index is 0.000000501. The Labute approximate surface area is 179 Å². The van der Waals surface area contributed by atoms with E-state index in [-0.39, 0.29) is 11.7 Å². The number of carboxylic acid groups (broad SMARTS) is 2. The molecule has 0 saturated carbocycles. The molecular formula is C21H25N3O7. The van der Waals surface area contributed by atoms with Gasteiger partial charge in [0.15, 0.2) is 5.76 Å². The van der Waals surface area contributed by atoms with Crippen molar-refractivity contribution in [3.05, 3.63) is 54.0 Å². The van der Waals surface area contributed by atoms with E-state index in [1.807, 2.05) is 31.2 Å². The van der Waals surface area contributed by atoms with Gasteiger partial charge in [0.2, 0.25) is 11.7 Å². The highest BCUT2D eigenvalue weighted by molar-refractivity contribution is 6.27. The summed E-state index contributed by atoms with van der Waals surface area (Å²) in [7, 11) is 0. The van der Waals surface area contributed by atoms with Gasteiger partial charge in [-0.1, -0.05) is 18.2 Å². The third-order valence-corrected chi connectivity index (χ3v) is 4.60. The molecule has 2 heterocycles. The van der Waals surface area contributed by atoms with Crippen LogP contribution in [0.3, 0.4) is 0 Å². The Bertz CT molecular complexity index is 891. The van der Waals surface area contributed by atoms with Crippen molar-refractivity contribution in [2.45, 2.75) is 6.92 Å². The molecule has 1 aromatic carbocycles. The zero-order chi connectivity index (χ0) is 22.8. The van der Waals surface area contributed by atoms with Crippen LogP contribution in [0.15, 0.2) is 47.1 Å². The Morgan fingerprint density at radius 2 is 1.48 bits per heavy atom. The highest BCUT2D eigenvalue weighted by Gasteiger charge is 2.22. The van der Waals surface area contributed by atoms with E-state index in [9.17, 15) is 9.59 Å². The average Bonchev–Trinajstić information content (AvgIpc) is 3.27. The van der Waals surface area contributed by atoms with Crippen molar-refractivity contribution in [2.75, 3.05) is 44.6 Å². The van der Waals surface area contributed by atoms with Crippen LogP contribution in [0.4, 0.5) is 5.69 Å². The van der Waals surface area contributed by atoms with Crippen molar-refractivity contribution in [3.63, 3.8) is 0 Å². The van der Waals surface area contributed by atoms with Crippen LogP contribution in [0.2, 0.25) is 0 Å². The molecule has 0 aliphatic carbocycles. The summed E-state index contributed by atoms with van der Waals surface area (Å²) in [5, 5.41) is 17.7. The highest BCUT2D eigenvalue weighted by Crippen LogP contribution is 2.13. The second kappa shape index (κ2) is 11.6. The quantitative estimate of drug-likeness (QED) is 0.454. The van der Waals surface area contributed by atoms with Crippen LogP contribution in [0.1, 0.15) is 16.1 Å². The van der Waals surface area contributed by atoms with Gasteiger partial charge in [0, 0.05) is 31.9 Å². The Morgan fingerprint density at radius 1 is 0.903 bits per heavy atom. The molecule has 31 heavy (non-hydrogen) atoms. The van der Waals surface area contributed by atoms with Gasteiger partial charge >= 0.3 is 11.9 Å². The first-order valence-corrected chi connectivity index (χ1v) is 9.59. The molecule has 1 aliphatic rings. The van der Waals surface area contributed by atoms with Crippen LogP contribution in [-0.4, -0.2) is 82.9 Å². The lowest BCUT2D eigenvalue weighted by atomic mass is 10.2. The van der Waals surface area contributed by atoms with Crippen molar-refractivity contribution >= 4 is 29.3 Å². The topological polar surface area (TPSA) is 140 Å². The molecule has 0 spiro atoms. The third-order valence-electron chi connectivity index (χ3n) is 4.60. The number of hydrogen-bond donors (Lipinski definition) is 3. The number of para-hydroxylation sites is 1. The number of aryl methyl sites for hydroxylation is 1. The van der Waals surface area contributed by atoms with Gasteiger partial charge in [-0.3, -0.25) is 19.4 Å². The summed E-state index contributed by atoms with van der Waals surface area (Å²) in [6.07, 6.45) is 1.51. The highest BCUT2D eigenvalue weighted by atomic mass is 16.4. The molecule has 1 saturated heterocycles. The molecule has 0 atom stereocenters. The summed E-state index contributed by atoms with van der Waals surface area (Å²) in [5.41, 5.74) is 1.91. The van der Waals surface area contributed by atoms with E-state index in [2.05, 4.69) is 15.1 Å². The number of nitrogens with one attached hydrogen (secondary N) is 1. The lowest BCUT2D eigenvalue weighted by Crippen LogP contribution is -2.49. The molecule has 0 radical (unpaired) electrons. The monoisotopic (exact) mass is 431 g/mol.